The van der Waals surface area contributed by atoms with Crippen molar-refractivity contribution >= 4 is 40.2 Å². The number of ketones is 1. The van der Waals surface area contributed by atoms with Crippen molar-refractivity contribution in [2.75, 3.05) is 12.0 Å². The molecule has 6 heteroatoms. The van der Waals surface area contributed by atoms with Gasteiger partial charge < -0.3 is 0 Å². The summed E-state index contributed by atoms with van der Waals surface area (Å²) in [6, 6.07) is 5.28. The van der Waals surface area contributed by atoms with E-state index in [1.54, 1.807) is 18.2 Å². The minimum absolute atomic E-state index is 0.110. The molecule has 0 amide bonds. The molecule has 0 aliphatic rings. The lowest BCUT2D eigenvalue weighted by Crippen LogP contribution is -2.14. The first-order valence-electron chi connectivity index (χ1n) is 4.70. The summed E-state index contributed by atoms with van der Waals surface area (Å²) in [6.45, 7) is 0.215. The van der Waals surface area contributed by atoms with Crippen molar-refractivity contribution in [2.45, 2.75) is 6.54 Å². The summed E-state index contributed by atoms with van der Waals surface area (Å²) >= 11 is 7.33. The predicted octanol–water partition coefficient (Wildman–Crippen LogP) is 2.02. The molecule has 0 bridgehead atoms. The van der Waals surface area contributed by atoms with E-state index in [-0.39, 0.29) is 12.3 Å². The van der Waals surface area contributed by atoms with E-state index in [0.717, 1.165) is 5.52 Å². The van der Waals surface area contributed by atoms with Gasteiger partial charge in [0.25, 0.3) is 0 Å². The number of aromatic nitrogens is 3. The highest BCUT2D eigenvalue weighted by Gasteiger charge is 2.07. The summed E-state index contributed by atoms with van der Waals surface area (Å²) in [4.78, 5) is 12.8. The lowest BCUT2D eigenvalue weighted by atomic mass is 10.3. The molecular weight excluding hydrogens is 246 g/mol. The molecule has 0 N–H and O–H groups in total. The van der Waals surface area contributed by atoms with Crippen LogP contribution >= 0.6 is 23.4 Å². The summed E-state index contributed by atoms with van der Waals surface area (Å²) in [5.74, 6) is 0.595. The second-order valence-electron chi connectivity index (χ2n) is 3.34. The average molecular weight is 256 g/mol. The molecule has 2 aromatic rings. The third-order valence-electron chi connectivity index (χ3n) is 2.01. The standard InChI is InChI=1S/C10H10ClN3OS/c1-16-6-8(15)5-14-12-9-3-2-7(11)4-10(9)13-14/h2-4H,5-6H2,1H3. The number of nitrogens with zero attached hydrogens (tertiary/aromatic N) is 3. The van der Waals surface area contributed by atoms with E-state index in [2.05, 4.69) is 10.2 Å². The first kappa shape index (κ1) is 11.4. The molecule has 0 saturated carbocycles. The molecule has 84 valence electrons. The van der Waals surface area contributed by atoms with Gasteiger partial charge in [-0.1, -0.05) is 11.6 Å². The van der Waals surface area contributed by atoms with E-state index in [4.69, 9.17) is 11.6 Å². The lowest BCUT2D eigenvalue weighted by Gasteiger charge is -1.96. The third kappa shape index (κ3) is 2.54. The molecular formula is C10H10ClN3OS. The summed E-state index contributed by atoms with van der Waals surface area (Å²) in [5.41, 5.74) is 1.46. The Bertz CT molecular complexity index is 526. The zero-order valence-corrected chi connectivity index (χ0v) is 10.3. The van der Waals surface area contributed by atoms with Crippen LogP contribution in [0.1, 0.15) is 0 Å². The first-order chi connectivity index (χ1) is 7.69. The Morgan fingerprint density at radius 2 is 2.19 bits per heavy atom. The zero-order chi connectivity index (χ0) is 11.5. The fourth-order valence-electron chi connectivity index (χ4n) is 1.37. The van der Waals surface area contributed by atoms with Gasteiger partial charge in [0.05, 0.1) is 5.75 Å². The van der Waals surface area contributed by atoms with Crippen LogP contribution in [0.25, 0.3) is 11.0 Å². The number of Topliss-reactive ketones (excluding diaryl/α,β-unsaturated/α-hetero) is 1. The number of benzene rings is 1. The lowest BCUT2D eigenvalue weighted by molar-refractivity contribution is -0.117. The number of fused-ring (bicyclic) bond motifs is 1. The second-order valence-corrected chi connectivity index (χ2v) is 4.64. The van der Waals surface area contributed by atoms with Crippen LogP contribution < -0.4 is 0 Å². The van der Waals surface area contributed by atoms with Gasteiger partial charge in [0.1, 0.15) is 17.6 Å². The molecule has 0 spiro atoms. The van der Waals surface area contributed by atoms with Crippen molar-refractivity contribution in [1.29, 1.82) is 0 Å². The van der Waals surface area contributed by atoms with Crippen molar-refractivity contribution in [2.24, 2.45) is 0 Å². The predicted molar refractivity (Wildman–Crippen MR) is 65.9 cm³/mol. The van der Waals surface area contributed by atoms with Crippen LogP contribution in [-0.2, 0) is 11.3 Å². The number of carbonyl (C=O) groups is 1. The van der Waals surface area contributed by atoms with E-state index < -0.39 is 0 Å². The molecule has 0 aliphatic heterocycles. The molecule has 4 nitrogen and oxygen atoms in total. The van der Waals surface area contributed by atoms with Crippen LogP contribution in [0.15, 0.2) is 18.2 Å². The van der Waals surface area contributed by atoms with Crippen LogP contribution in [0.3, 0.4) is 0 Å². The molecule has 1 heterocycles. The van der Waals surface area contributed by atoms with Gasteiger partial charge in [0, 0.05) is 5.02 Å². The molecule has 16 heavy (non-hydrogen) atoms. The quantitative estimate of drug-likeness (QED) is 0.839. The van der Waals surface area contributed by atoms with Gasteiger partial charge in [-0.05, 0) is 24.5 Å². The Morgan fingerprint density at radius 1 is 1.44 bits per heavy atom. The molecule has 2 rings (SSSR count). The van der Waals surface area contributed by atoms with Gasteiger partial charge in [-0.2, -0.15) is 26.8 Å². The molecule has 0 saturated heterocycles. The number of rotatable bonds is 4. The molecule has 0 atom stereocenters. The van der Waals surface area contributed by atoms with Gasteiger partial charge in [-0.3, -0.25) is 4.79 Å². The minimum Gasteiger partial charge on any atom is -0.297 e. The number of carbonyl (C=O) groups excluding carboxylic acids is 1. The maximum atomic E-state index is 11.4. The van der Waals surface area contributed by atoms with Crippen molar-refractivity contribution in [3.05, 3.63) is 23.2 Å². The molecule has 0 aliphatic carbocycles. The summed E-state index contributed by atoms with van der Waals surface area (Å²) < 4.78 is 0. The fraction of sp³-hybridized carbons (Fsp3) is 0.300. The van der Waals surface area contributed by atoms with E-state index >= 15 is 0 Å². The van der Waals surface area contributed by atoms with Crippen molar-refractivity contribution in [3.8, 4) is 0 Å². The summed E-state index contributed by atoms with van der Waals surface area (Å²) in [6.07, 6.45) is 1.89. The highest BCUT2D eigenvalue weighted by molar-refractivity contribution is 7.99. The van der Waals surface area contributed by atoms with Crippen LogP contribution in [-0.4, -0.2) is 32.8 Å². The molecule has 1 aromatic carbocycles. The van der Waals surface area contributed by atoms with E-state index in [0.29, 0.717) is 16.3 Å². The highest BCUT2D eigenvalue weighted by Crippen LogP contribution is 2.15. The van der Waals surface area contributed by atoms with E-state index in [1.165, 1.54) is 16.6 Å². The number of hydrogen-bond donors (Lipinski definition) is 0. The second kappa shape index (κ2) is 4.84. The van der Waals surface area contributed by atoms with Gasteiger partial charge in [-0.15, -0.1) is 0 Å². The SMILES string of the molecule is CSCC(=O)Cn1nc2ccc(Cl)cc2n1. The molecule has 0 unspecified atom stereocenters. The van der Waals surface area contributed by atoms with Crippen LogP contribution in [0, 0.1) is 0 Å². The monoisotopic (exact) mass is 255 g/mol. The molecule has 1 aromatic heterocycles. The Balaban J connectivity index is 2.23. The number of thioether (sulfide) groups is 1. The Kier molecular flexibility index (Phi) is 3.46. The van der Waals surface area contributed by atoms with Crippen LogP contribution in [0.2, 0.25) is 5.02 Å². The molecule has 0 fully saturated rings. The highest BCUT2D eigenvalue weighted by atomic mass is 35.5. The average Bonchev–Trinajstić information content (AvgIpc) is 2.59. The van der Waals surface area contributed by atoms with Crippen molar-refractivity contribution < 1.29 is 4.79 Å². The van der Waals surface area contributed by atoms with Gasteiger partial charge in [-0.25, -0.2) is 0 Å². The first-order valence-corrected chi connectivity index (χ1v) is 6.47. The number of hydrogen-bond acceptors (Lipinski definition) is 4. The number of halogens is 1. The van der Waals surface area contributed by atoms with Crippen molar-refractivity contribution in [3.63, 3.8) is 0 Å². The Morgan fingerprint density at radius 3 is 2.94 bits per heavy atom. The smallest absolute Gasteiger partial charge is 0.165 e. The van der Waals surface area contributed by atoms with E-state index in [9.17, 15) is 4.79 Å². The van der Waals surface area contributed by atoms with E-state index in [1.807, 2.05) is 6.26 Å². The normalized spacial score (nSPS) is 10.9. The fourth-order valence-corrected chi connectivity index (χ4v) is 1.95. The topological polar surface area (TPSA) is 47.8 Å². The van der Waals surface area contributed by atoms with Crippen molar-refractivity contribution in [1.82, 2.24) is 15.0 Å². The Hall–Kier alpha value is -1.07. The summed E-state index contributed by atoms with van der Waals surface area (Å²) in [7, 11) is 0. The van der Waals surface area contributed by atoms with Crippen LogP contribution in [0.5, 0.6) is 0 Å². The largest absolute Gasteiger partial charge is 0.297 e. The molecule has 0 radical (unpaired) electrons. The summed E-state index contributed by atoms with van der Waals surface area (Å²) in [5, 5.41) is 9.00. The zero-order valence-electron chi connectivity index (χ0n) is 8.68. The third-order valence-corrected chi connectivity index (χ3v) is 2.85. The van der Waals surface area contributed by atoms with Gasteiger partial charge in [0.15, 0.2) is 5.78 Å². The Labute approximate surface area is 102 Å². The van der Waals surface area contributed by atoms with Gasteiger partial charge in [0.2, 0.25) is 0 Å². The minimum atomic E-state index is 0.110. The van der Waals surface area contributed by atoms with Crippen LogP contribution in [0.4, 0.5) is 0 Å². The van der Waals surface area contributed by atoms with Gasteiger partial charge >= 0.3 is 0 Å². The maximum absolute atomic E-state index is 11.4. The maximum Gasteiger partial charge on any atom is 0.165 e.